The Morgan fingerprint density at radius 2 is 1.90 bits per heavy atom. The van der Waals surface area contributed by atoms with E-state index >= 15 is 0 Å². The summed E-state index contributed by atoms with van der Waals surface area (Å²) in [6, 6.07) is 13.7. The van der Waals surface area contributed by atoms with Crippen LogP contribution in [-0.4, -0.2) is 49.8 Å². The van der Waals surface area contributed by atoms with Crippen LogP contribution in [0, 0.1) is 11.2 Å². The summed E-state index contributed by atoms with van der Waals surface area (Å²) < 4.78 is 25.0. The van der Waals surface area contributed by atoms with E-state index in [9.17, 15) is 9.18 Å². The van der Waals surface area contributed by atoms with Crippen LogP contribution in [0.3, 0.4) is 0 Å². The van der Waals surface area contributed by atoms with Gasteiger partial charge in [0, 0.05) is 25.2 Å². The van der Waals surface area contributed by atoms with Crippen molar-refractivity contribution in [3.05, 3.63) is 65.5 Å². The number of morpholine rings is 1. The molecule has 0 aliphatic carbocycles. The van der Waals surface area contributed by atoms with Crippen molar-refractivity contribution in [2.24, 2.45) is 5.41 Å². The molecule has 2 aromatic rings. The average Bonchev–Trinajstić information content (AvgIpc) is 2.72. The Kier molecular flexibility index (Phi) is 7.45. The highest BCUT2D eigenvalue weighted by molar-refractivity contribution is 5.94. The van der Waals surface area contributed by atoms with Gasteiger partial charge in [-0.2, -0.15) is 0 Å². The molecule has 1 N–H and O–H groups in total. The fraction of sp³-hybridized carbons (Fsp3) is 0.458. The molecule has 1 fully saturated rings. The van der Waals surface area contributed by atoms with Crippen LogP contribution in [0.4, 0.5) is 4.39 Å². The topological polar surface area (TPSA) is 50.8 Å². The highest BCUT2D eigenvalue weighted by Gasteiger charge is 2.28. The molecular weight excluding hydrogens is 383 g/mol. The molecule has 1 heterocycles. The number of amides is 1. The van der Waals surface area contributed by atoms with E-state index < -0.39 is 5.82 Å². The van der Waals surface area contributed by atoms with Gasteiger partial charge in [0.2, 0.25) is 0 Å². The van der Waals surface area contributed by atoms with Gasteiger partial charge in [0.05, 0.1) is 19.3 Å². The first-order valence-electron chi connectivity index (χ1n) is 10.4. The van der Waals surface area contributed by atoms with Crippen molar-refractivity contribution in [2.75, 3.05) is 32.9 Å². The van der Waals surface area contributed by atoms with Crippen LogP contribution < -0.4 is 10.1 Å². The summed E-state index contributed by atoms with van der Waals surface area (Å²) in [6.45, 7) is 10.3. The number of nitrogens with zero attached hydrogens (tertiary/aromatic N) is 1. The molecule has 0 spiro atoms. The minimum absolute atomic E-state index is 0.157. The van der Waals surface area contributed by atoms with E-state index in [1.54, 1.807) is 18.2 Å². The van der Waals surface area contributed by atoms with Gasteiger partial charge in [-0.05, 0) is 35.2 Å². The van der Waals surface area contributed by atoms with Crippen molar-refractivity contribution in [1.82, 2.24) is 10.2 Å². The second kappa shape index (κ2) is 10.0. The van der Waals surface area contributed by atoms with Gasteiger partial charge in [0.25, 0.3) is 5.91 Å². The van der Waals surface area contributed by atoms with Gasteiger partial charge in [-0.15, -0.1) is 0 Å². The third-order valence-electron chi connectivity index (χ3n) is 5.29. The number of hydrogen-bond donors (Lipinski definition) is 1. The second-order valence-corrected chi connectivity index (χ2v) is 8.72. The smallest absolute Gasteiger partial charge is 0.251 e. The maximum atomic E-state index is 13.9. The number of carbonyl (C=O) groups is 1. The van der Waals surface area contributed by atoms with Crippen LogP contribution in [0.15, 0.2) is 48.5 Å². The van der Waals surface area contributed by atoms with E-state index in [1.807, 2.05) is 45.0 Å². The molecule has 5 nitrogen and oxygen atoms in total. The largest absolute Gasteiger partial charge is 0.488 e. The summed E-state index contributed by atoms with van der Waals surface area (Å²) in [5.41, 5.74) is 1.45. The van der Waals surface area contributed by atoms with Gasteiger partial charge in [-0.1, -0.05) is 45.0 Å². The summed E-state index contributed by atoms with van der Waals surface area (Å²) in [5.74, 6) is -0.378. The first kappa shape index (κ1) is 22.2. The lowest BCUT2D eigenvalue weighted by Gasteiger charge is -2.31. The van der Waals surface area contributed by atoms with E-state index in [1.165, 1.54) is 6.07 Å². The number of benzene rings is 2. The van der Waals surface area contributed by atoms with E-state index in [0.717, 1.165) is 38.4 Å². The van der Waals surface area contributed by atoms with Crippen LogP contribution in [-0.2, 0) is 11.3 Å². The van der Waals surface area contributed by atoms with Crippen LogP contribution in [0.1, 0.15) is 36.7 Å². The molecule has 30 heavy (non-hydrogen) atoms. The molecule has 1 amide bonds. The van der Waals surface area contributed by atoms with Crippen molar-refractivity contribution in [3.8, 4) is 5.75 Å². The maximum absolute atomic E-state index is 13.9. The minimum atomic E-state index is -0.410. The normalized spacial score (nSPS) is 16.1. The average molecular weight is 415 g/mol. The summed E-state index contributed by atoms with van der Waals surface area (Å²) in [6.07, 6.45) is 0. The number of ether oxygens (including phenoxy) is 2. The summed E-state index contributed by atoms with van der Waals surface area (Å²) in [7, 11) is 0. The van der Waals surface area contributed by atoms with Crippen molar-refractivity contribution < 1.29 is 18.7 Å². The molecule has 0 bridgehead atoms. The molecule has 2 aromatic carbocycles. The Labute approximate surface area is 178 Å². The number of hydrogen-bond acceptors (Lipinski definition) is 4. The second-order valence-electron chi connectivity index (χ2n) is 8.72. The Balaban J connectivity index is 1.65. The molecule has 1 atom stereocenters. The zero-order valence-electron chi connectivity index (χ0n) is 18.0. The van der Waals surface area contributed by atoms with Gasteiger partial charge >= 0.3 is 0 Å². The van der Waals surface area contributed by atoms with E-state index in [-0.39, 0.29) is 29.7 Å². The molecule has 1 aliphatic heterocycles. The Morgan fingerprint density at radius 1 is 1.17 bits per heavy atom. The predicted molar refractivity (Wildman–Crippen MR) is 115 cm³/mol. The van der Waals surface area contributed by atoms with Crippen LogP contribution in [0.5, 0.6) is 5.75 Å². The Morgan fingerprint density at radius 3 is 2.60 bits per heavy atom. The lowest BCUT2D eigenvalue weighted by Crippen LogP contribution is -2.47. The van der Waals surface area contributed by atoms with Gasteiger partial charge in [0.1, 0.15) is 6.61 Å². The number of halogens is 1. The van der Waals surface area contributed by atoms with Crippen molar-refractivity contribution >= 4 is 5.91 Å². The highest BCUT2D eigenvalue weighted by atomic mass is 19.1. The first-order valence-corrected chi connectivity index (χ1v) is 10.4. The number of para-hydroxylation sites is 1. The molecule has 1 saturated heterocycles. The van der Waals surface area contributed by atoms with Crippen LogP contribution in [0.2, 0.25) is 0 Å². The number of nitrogens with one attached hydrogen (secondary N) is 1. The molecule has 1 aliphatic rings. The van der Waals surface area contributed by atoms with E-state index in [2.05, 4.69) is 10.2 Å². The lowest BCUT2D eigenvalue weighted by molar-refractivity contribution is 0.0342. The lowest BCUT2D eigenvalue weighted by atomic mass is 9.87. The van der Waals surface area contributed by atoms with Crippen LogP contribution in [0.25, 0.3) is 0 Å². The SMILES string of the molecule is CC(C)(C)C(COc1ccccc1F)NC(=O)c1cccc(CN2CCOCC2)c1. The third kappa shape index (κ3) is 6.28. The first-order chi connectivity index (χ1) is 14.3. The Bertz CT molecular complexity index is 844. The number of rotatable bonds is 7. The zero-order chi connectivity index (χ0) is 21.6. The number of carbonyl (C=O) groups excluding carboxylic acids is 1. The van der Waals surface area contributed by atoms with Gasteiger partial charge in [-0.3, -0.25) is 9.69 Å². The van der Waals surface area contributed by atoms with Gasteiger partial charge in [-0.25, -0.2) is 4.39 Å². The highest BCUT2D eigenvalue weighted by Crippen LogP contribution is 2.23. The summed E-state index contributed by atoms with van der Waals surface area (Å²) in [5, 5.41) is 3.07. The van der Waals surface area contributed by atoms with Gasteiger partial charge < -0.3 is 14.8 Å². The summed E-state index contributed by atoms with van der Waals surface area (Å²) in [4.78, 5) is 15.3. The van der Waals surface area contributed by atoms with E-state index in [0.29, 0.717) is 5.56 Å². The van der Waals surface area contributed by atoms with Crippen molar-refractivity contribution in [2.45, 2.75) is 33.4 Å². The minimum Gasteiger partial charge on any atom is -0.488 e. The molecule has 1 unspecified atom stereocenters. The van der Waals surface area contributed by atoms with Gasteiger partial charge in [0.15, 0.2) is 11.6 Å². The molecule has 162 valence electrons. The van der Waals surface area contributed by atoms with Crippen molar-refractivity contribution in [1.29, 1.82) is 0 Å². The molecule has 0 radical (unpaired) electrons. The Hall–Kier alpha value is -2.44. The molecule has 3 rings (SSSR count). The monoisotopic (exact) mass is 414 g/mol. The maximum Gasteiger partial charge on any atom is 0.251 e. The standard InChI is InChI=1S/C24H31FN2O3/c1-24(2,3)22(17-30-21-10-5-4-9-20(21)25)26-23(28)19-8-6-7-18(15-19)16-27-11-13-29-14-12-27/h4-10,15,22H,11-14,16-17H2,1-3H3,(H,26,28). The fourth-order valence-electron chi connectivity index (χ4n) is 3.31. The quantitative estimate of drug-likeness (QED) is 0.747. The predicted octanol–water partition coefficient (Wildman–Crippen LogP) is 3.88. The van der Waals surface area contributed by atoms with Crippen LogP contribution >= 0.6 is 0 Å². The molecular formula is C24H31FN2O3. The zero-order valence-corrected chi connectivity index (χ0v) is 18.0. The van der Waals surface area contributed by atoms with E-state index in [4.69, 9.17) is 9.47 Å². The molecule has 0 saturated carbocycles. The summed E-state index contributed by atoms with van der Waals surface area (Å²) >= 11 is 0. The molecule has 6 heteroatoms. The van der Waals surface area contributed by atoms with Crippen molar-refractivity contribution in [3.63, 3.8) is 0 Å². The third-order valence-corrected chi connectivity index (χ3v) is 5.29. The fourth-order valence-corrected chi connectivity index (χ4v) is 3.31. The molecule has 0 aromatic heterocycles.